The fourth-order valence-corrected chi connectivity index (χ4v) is 3.27. The van der Waals surface area contributed by atoms with Gasteiger partial charge in [0.25, 0.3) is 0 Å². The van der Waals surface area contributed by atoms with Crippen molar-refractivity contribution in [1.29, 1.82) is 0 Å². The molecule has 0 bridgehead atoms. The molecule has 0 radical (unpaired) electrons. The first-order valence-corrected chi connectivity index (χ1v) is 9.09. The molecule has 1 aliphatic rings. The van der Waals surface area contributed by atoms with Crippen LogP contribution in [-0.2, 0) is 11.3 Å². The molecule has 0 aliphatic carbocycles. The van der Waals surface area contributed by atoms with Crippen molar-refractivity contribution in [1.82, 2.24) is 10.2 Å². The summed E-state index contributed by atoms with van der Waals surface area (Å²) in [7, 11) is 0. The molecule has 5 nitrogen and oxygen atoms in total. The monoisotopic (exact) mass is 374 g/mol. The quantitative estimate of drug-likeness (QED) is 0.801. The first kappa shape index (κ1) is 18.5. The zero-order chi connectivity index (χ0) is 18.5. The molecule has 1 atom stereocenters. The Hall–Kier alpha value is -2.24. The maximum Gasteiger partial charge on any atom is 0.234 e. The molecule has 0 saturated heterocycles. The molecule has 6 heteroatoms. The normalized spacial score (nSPS) is 13.7. The van der Waals surface area contributed by atoms with Crippen molar-refractivity contribution in [3.63, 3.8) is 0 Å². The van der Waals surface area contributed by atoms with E-state index in [1.54, 1.807) is 0 Å². The number of benzene rings is 2. The van der Waals surface area contributed by atoms with Crippen LogP contribution in [0.1, 0.15) is 31.0 Å². The maximum atomic E-state index is 12.4. The lowest BCUT2D eigenvalue weighted by molar-refractivity contribution is -0.123. The molecule has 1 heterocycles. The second-order valence-corrected chi connectivity index (χ2v) is 6.71. The lowest BCUT2D eigenvalue weighted by Crippen LogP contribution is -2.38. The van der Waals surface area contributed by atoms with Crippen LogP contribution in [0.25, 0.3) is 0 Å². The minimum absolute atomic E-state index is 0.0278. The van der Waals surface area contributed by atoms with Crippen LogP contribution in [0.15, 0.2) is 42.5 Å². The van der Waals surface area contributed by atoms with E-state index >= 15 is 0 Å². The van der Waals surface area contributed by atoms with E-state index < -0.39 is 0 Å². The van der Waals surface area contributed by atoms with Crippen LogP contribution >= 0.6 is 11.6 Å². The Morgan fingerprint density at radius 3 is 2.77 bits per heavy atom. The molecule has 1 amide bonds. The average Bonchev–Trinajstić information content (AvgIpc) is 3.09. The molecular formula is C20H23ClN2O3. The third-order valence-electron chi connectivity index (χ3n) is 4.41. The van der Waals surface area contributed by atoms with Crippen molar-refractivity contribution in [2.45, 2.75) is 26.4 Å². The molecule has 1 aliphatic heterocycles. The number of hydrogen-bond acceptors (Lipinski definition) is 4. The Morgan fingerprint density at radius 1 is 1.23 bits per heavy atom. The summed E-state index contributed by atoms with van der Waals surface area (Å²) in [5.74, 6) is 1.50. The lowest BCUT2D eigenvalue weighted by atomic mass is 10.1. The Bertz CT molecular complexity index is 781. The van der Waals surface area contributed by atoms with E-state index in [1.165, 1.54) is 0 Å². The summed E-state index contributed by atoms with van der Waals surface area (Å²) in [5, 5.41) is 3.68. The van der Waals surface area contributed by atoms with Gasteiger partial charge in [-0.05, 0) is 42.8 Å². The van der Waals surface area contributed by atoms with Gasteiger partial charge >= 0.3 is 0 Å². The van der Waals surface area contributed by atoms with Crippen LogP contribution in [0.3, 0.4) is 0 Å². The number of nitrogens with one attached hydrogen (secondary N) is 1. The minimum atomic E-state index is -0.138. The molecule has 2 aromatic rings. The number of ether oxygens (including phenoxy) is 2. The van der Waals surface area contributed by atoms with Gasteiger partial charge in [-0.15, -0.1) is 0 Å². The molecule has 2 aromatic carbocycles. The van der Waals surface area contributed by atoms with Gasteiger partial charge in [0.15, 0.2) is 11.5 Å². The molecule has 0 spiro atoms. The first-order valence-electron chi connectivity index (χ1n) is 8.71. The van der Waals surface area contributed by atoms with Crippen molar-refractivity contribution in [3.8, 4) is 11.5 Å². The van der Waals surface area contributed by atoms with Gasteiger partial charge in [-0.1, -0.05) is 42.8 Å². The topological polar surface area (TPSA) is 50.8 Å². The molecule has 26 heavy (non-hydrogen) atoms. The third-order valence-corrected chi connectivity index (χ3v) is 4.75. The number of likely N-dealkylation sites (N-methyl/N-ethyl adjacent to an activating group) is 1. The Morgan fingerprint density at radius 2 is 2.00 bits per heavy atom. The Kier molecular flexibility index (Phi) is 6.01. The average molecular weight is 375 g/mol. The number of carbonyl (C=O) groups excluding carboxylic acids is 1. The van der Waals surface area contributed by atoms with Crippen molar-refractivity contribution in [2.24, 2.45) is 0 Å². The predicted molar refractivity (Wildman–Crippen MR) is 102 cm³/mol. The van der Waals surface area contributed by atoms with Gasteiger partial charge < -0.3 is 14.8 Å². The molecule has 1 N–H and O–H groups in total. The van der Waals surface area contributed by atoms with Crippen LogP contribution in [-0.4, -0.2) is 30.7 Å². The summed E-state index contributed by atoms with van der Waals surface area (Å²) in [6, 6.07) is 13.3. The van der Waals surface area contributed by atoms with Crippen LogP contribution in [0.5, 0.6) is 11.5 Å². The Balaban J connectivity index is 1.57. The number of nitrogens with zero attached hydrogens (tertiary/aromatic N) is 1. The van der Waals surface area contributed by atoms with E-state index in [0.717, 1.165) is 29.2 Å². The smallest absolute Gasteiger partial charge is 0.234 e. The number of hydrogen-bond donors (Lipinski definition) is 1. The van der Waals surface area contributed by atoms with Crippen molar-refractivity contribution in [2.75, 3.05) is 19.9 Å². The molecule has 3 rings (SSSR count). The summed E-state index contributed by atoms with van der Waals surface area (Å²) < 4.78 is 10.7. The van der Waals surface area contributed by atoms with Gasteiger partial charge in [0.2, 0.25) is 12.7 Å². The van der Waals surface area contributed by atoms with Gasteiger partial charge in [0.05, 0.1) is 12.6 Å². The SMILES string of the molecule is CCN(CC(=O)NC(C)c1ccccc1Cl)Cc1ccc2c(c1)OCO2. The zero-order valence-corrected chi connectivity index (χ0v) is 15.8. The van der Waals surface area contributed by atoms with Gasteiger partial charge in [-0.25, -0.2) is 0 Å². The second kappa shape index (κ2) is 8.43. The molecule has 0 aromatic heterocycles. The molecule has 0 saturated carbocycles. The van der Waals surface area contributed by atoms with Crippen LogP contribution < -0.4 is 14.8 Å². The summed E-state index contributed by atoms with van der Waals surface area (Å²) in [4.78, 5) is 14.5. The summed E-state index contributed by atoms with van der Waals surface area (Å²) >= 11 is 6.21. The maximum absolute atomic E-state index is 12.4. The first-order chi connectivity index (χ1) is 12.6. The highest BCUT2D eigenvalue weighted by Crippen LogP contribution is 2.32. The van der Waals surface area contributed by atoms with E-state index in [1.807, 2.05) is 56.3 Å². The van der Waals surface area contributed by atoms with Gasteiger partial charge in [-0.2, -0.15) is 0 Å². The zero-order valence-electron chi connectivity index (χ0n) is 15.0. The predicted octanol–water partition coefficient (Wildman–Crippen LogP) is 3.77. The van der Waals surface area contributed by atoms with Gasteiger partial charge in [-0.3, -0.25) is 9.69 Å². The summed E-state index contributed by atoms with van der Waals surface area (Å²) in [6.07, 6.45) is 0. The highest BCUT2D eigenvalue weighted by atomic mass is 35.5. The number of carbonyl (C=O) groups is 1. The summed E-state index contributed by atoms with van der Waals surface area (Å²) in [5.41, 5.74) is 2.00. The molecular weight excluding hydrogens is 352 g/mol. The van der Waals surface area contributed by atoms with Crippen LogP contribution in [0.2, 0.25) is 5.02 Å². The van der Waals surface area contributed by atoms with Crippen molar-refractivity contribution >= 4 is 17.5 Å². The van der Waals surface area contributed by atoms with Crippen molar-refractivity contribution in [3.05, 3.63) is 58.6 Å². The lowest BCUT2D eigenvalue weighted by Gasteiger charge is -2.22. The van der Waals surface area contributed by atoms with E-state index in [4.69, 9.17) is 21.1 Å². The van der Waals surface area contributed by atoms with E-state index in [2.05, 4.69) is 10.2 Å². The Labute approximate surface area is 158 Å². The summed E-state index contributed by atoms with van der Waals surface area (Å²) in [6.45, 7) is 5.99. The second-order valence-electron chi connectivity index (χ2n) is 6.30. The highest BCUT2D eigenvalue weighted by Gasteiger charge is 2.17. The highest BCUT2D eigenvalue weighted by molar-refractivity contribution is 6.31. The van der Waals surface area contributed by atoms with Crippen LogP contribution in [0.4, 0.5) is 0 Å². The standard InChI is InChI=1S/C20H23ClN2O3/c1-3-23(11-15-8-9-18-19(10-15)26-13-25-18)12-20(24)22-14(2)16-6-4-5-7-17(16)21/h4-10,14H,3,11-13H2,1-2H3,(H,22,24). The van der Waals surface area contributed by atoms with Crippen LogP contribution in [0, 0.1) is 0 Å². The molecule has 1 unspecified atom stereocenters. The van der Waals surface area contributed by atoms with E-state index in [9.17, 15) is 4.79 Å². The fraction of sp³-hybridized carbons (Fsp3) is 0.350. The number of rotatable bonds is 7. The molecule has 138 valence electrons. The largest absolute Gasteiger partial charge is 0.454 e. The van der Waals surface area contributed by atoms with Gasteiger partial charge in [0.1, 0.15) is 0 Å². The number of amides is 1. The minimum Gasteiger partial charge on any atom is -0.454 e. The van der Waals surface area contributed by atoms with E-state index in [-0.39, 0.29) is 18.7 Å². The molecule has 0 fully saturated rings. The number of halogens is 1. The van der Waals surface area contributed by atoms with Gasteiger partial charge in [0, 0.05) is 11.6 Å². The fourth-order valence-electron chi connectivity index (χ4n) is 2.97. The number of fused-ring (bicyclic) bond motifs is 1. The van der Waals surface area contributed by atoms with E-state index in [0.29, 0.717) is 18.1 Å². The third kappa shape index (κ3) is 4.48. The van der Waals surface area contributed by atoms with Crippen molar-refractivity contribution < 1.29 is 14.3 Å².